The van der Waals surface area contributed by atoms with Gasteiger partial charge in [-0.2, -0.15) is 0 Å². The molecule has 0 bridgehead atoms. The van der Waals surface area contributed by atoms with E-state index in [0.29, 0.717) is 23.2 Å². The molecule has 2 aliphatic rings. The first-order chi connectivity index (χ1) is 9.08. The summed E-state index contributed by atoms with van der Waals surface area (Å²) in [5.74, 6) is -0.285. The molecule has 4 nitrogen and oxygen atoms in total. The standard InChI is InChI=1S/C15H18N2O2/c1-9-4-3-7-17(10(9)2)11-5-6-12-13(8-11)16-15(19)14(12)18/h5-6,8-10H,3-4,7H2,1-2H3,(H,16,18,19). The molecule has 0 spiro atoms. The number of hydrogen-bond donors (Lipinski definition) is 1. The molecule has 100 valence electrons. The Labute approximate surface area is 112 Å². The van der Waals surface area contributed by atoms with Gasteiger partial charge in [0, 0.05) is 18.3 Å². The highest BCUT2D eigenvalue weighted by Crippen LogP contribution is 2.33. The molecule has 2 aliphatic heterocycles. The topological polar surface area (TPSA) is 49.4 Å². The van der Waals surface area contributed by atoms with Crippen molar-refractivity contribution < 1.29 is 9.59 Å². The van der Waals surface area contributed by atoms with Gasteiger partial charge in [-0.25, -0.2) is 0 Å². The summed E-state index contributed by atoms with van der Waals surface area (Å²) in [4.78, 5) is 25.3. The van der Waals surface area contributed by atoms with Gasteiger partial charge in [0.25, 0.3) is 11.7 Å². The van der Waals surface area contributed by atoms with Gasteiger partial charge in [0.05, 0.1) is 11.3 Å². The summed E-state index contributed by atoms with van der Waals surface area (Å²) in [5.41, 5.74) is 2.23. The highest BCUT2D eigenvalue weighted by atomic mass is 16.2. The predicted octanol–water partition coefficient (Wildman–Crippen LogP) is 2.45. The molecule has 1 aromatic rings. The van der Waals surface area contributed by atoms with Crippen molar-refractivity contribution in [2.75, 3.05) is 16.8 Å². The van der Waals surface area contributed by atoms with Gasteiger partial charge in [-0.15, -0.1) is 0 Å². The van der Waals surface area contributed by atoms with Crippen molar-refractivity contribution in [3.05, 3.63) is 23.8 Å². The minimum atomic E-state index is -0.521. The summed E-state index contributed by atoms with van der Waals surface area (Å²) >= 11 is 0. The number of nitrogens with zero attached hydrogens (tertiary/aromatic N) is 1. The zero-order valence-corrected chi connectivity index (χ0v) is 11.3. The van der Waals surface area contributed by atoms with Crippen molar-refractivity contribution in [1.29, 1.82) is 0 Å². The van der Waals surface area contributed by atoms with E-state index in [-0.39, 0.29) is 0 Å². The van der Waals surface area contributed by atoms with Gasteiger partial charge in [-0.05, 0) is 43.9 Å². The summed E-state index contributed by atoms with van der Waals surface area (Å²) in [5, 5.41) is 2.64. The van der Waals surface area contributed by atoms with Crippen LogP contribution in [0.15, 0.2) is 18.2 Å². The molecule has 2 heterocycles. The third kappa shape index (κ3) is 1.91. The Morgan fingerprint density at radius 2 is 2.05 bits per heavy atom. The van der Waals surface area contributed by atoms with Crippen molar-refractivity contribution >= 4 is 23.1 Å². The van der Waals surface area contributed by atoms with E-state index in [9.17, 15) is 9.59 Å². The summed E-state index contributed by atoms with van der Waals surface area (Å²) in [6, 6.07) is 6.12. The predicted molar refractivity (Wildman–Crippen MR) is 74.6 cm³/mol. The maximum atomic E-state index is 11.6. The number of benzene rings is 1. The molecule has 2 unspecified atom stereocenters. The van der Waals surface area contributed by atoms with E-state index in [1.165, 1.54) is 12.8 Å². The van der Waals surface area contributed by atoms with E-state index in [1.54, 1.807) is 6.07 Å². The smallest absolute Gasteiger partial charge is 0.296 e. The first-order valence-corrected chi connectivity index (χ1v) is 6.84. The molecule has 1 amide bonds. The first kappa shape index (κ1) is 12.2. The molecule has 0 saturated carbocycles. The van der Waals surface area contributed by atoms with Crippen molar-refractivity contribution in [3.63, 3.8) is 0 Å². The van der Waals surface area contributed by atoms with Crippen LogP contribution >= 0.6 is 0 Å². The fraction of sp³-hybridized carbons (Fsp3) is 0.467. The van der Waals surface area contributed by atoms with Crippen LogP contribution in [0, 0.1) is 5.92 Å². The maximum Gasteiger partial charge on any atom is 0.296 e. The second kappa shape index (κ2) is 4.37. The van der Waals surface area contributed by atoms with Crippen molar-refractivity contribution in [1.82, 2.24) is 0 Å². The number of fused-ring (bicyclic) bond motifs is 1. The number of carbonyl (C=O) groups excluding carboxylic acids is 2. The van der Waals surface area contributed by atoms with Crippen LogP contribution in [0.5, 0.6) is 0 Å². The number of hydrogen-bond acceptors (Lipinski definition) is 3. The lowest BCUT2D eigenvalue weighted by Crippen LogP contribution is -2.42. The molecule has 0 radical (unpaired) electrons. The lowest BCUT2D eigenvalue weighted by atomic mass is 9.91. The van der Waals surface area contributed by atoms with Crippen molar-refractivity contribution in [2.24, 2.45) is 5.92 Å². The molecular formula is C15H18N2O2. The molecular weight excluding hydrogens is 240 g/mol. The zero-order chi connectivity index (χ0) is 13.6. The van der Waals surface area contributed by atoms with Crippen LogP contribution in [0.4, 0.5) is 11.4 Å². The molecule has 3 rings (SSSR count). The average molecular weight is 258 g/mol. The van der Waals surface area contributed by atoms with Crippen LogP contribution in [0.2, 0.25) is 0 Å². The molecule has 0 aliphatic carbocycles. The molecule has 2 atom stereocenters. The van der Waals surface area contributed by atoms with Crippen molar-refractivity contribution in [3.8, 4) is 0 Å². The Bertz CT molecular complexity index is 553. The van der Waals surface area contributed by atoms with Gasteiger partial charge in [-0.3, -0.25) is 9.59 Å². The number of amides is 1. The van der Waals surface area contributed by atoms with Crippen LogP contribution in [-0.2, 0) is 4.79 Å². The highest BCUT2D eigenvalue weighted by Gasteiger charge is 2.30. The number of Topliss-reactive ketones (excluding diaryl/α,β-unsaturated/α-hetero) is 1. The van der Waals surface area contributed by atoms with Crippen LogP contribution in [0.25, 0.3) is 0 Å². The lowest BCUT2D eigenvalue weighted by molar-refractivity contribution is -0.112. The fourth-order valence-corrected chi connectivity index (χ4v) is 3.01. The van der Waals surface area contributed by atoms with E-state index < -0.39 is 11.7 Å². The number of nitrogens with one attached hydrogen (secondary N) is 1. The van der Waals surface area contributed by atoms with Crippen LogP contribution in [0.3, 0.4) is 0 Å². The second-order valence-electron chi connectivity index (χ2n) is 5.57. The maximum absolute atomic E-state index is 11.6. The summed E-state index contributed by atoms with van der Waals surface area (Å²) in [6.45, 7) is 5.54. The number of ketones is 1. The van der Waals surface area contributed by atoms with Crippen LogP contribution in [-0.4, -0.2) is 24.3 Å². The van der Waals surface area contributed by atoms with Gasteiger partial charge in [0.1, 0.15) is 0 Å². The van der Waals surface area contributed by atoms with Crippen LogP contribution < -0.4 is 10.2 Å². The Kier molecular flexibility index (Phi) is 2.81. The average Bonchev–Trinajstić information content (AvgIpc) is 2.68. The fourth-order valence-electron chi connectivity index (χ4n) is 3.01. The van der Waals surface area contributed by atoms with E-state index in [4.69, 9.17) is 0 Å². The Hall–Kier alpha value is -1.84. The van der Waals surface area contributed by atoms with E-state index in [0.717, 1.165) is 12.2 Å². The third-order valence-electron chi connectivity index (χ3n) is 4.41. The van der Waals surface area contributed by atoms with Crippen LogP contribution in [0.1, 0.15) is 37.0 Å². The summed E-state index contributed by atoms with van der Waals surface area (Å²) < 4.78 is 0. The van der Waals surface area contributed by atoms with Gasteiger partial charge in [0.15, 0.2) is 0 Å². The van der Waals surface area contributed by atoms with Gasteiger partial charge < -0.3 is 10.2 Å². The number of rotatable bonds is 1. The third-order valence-corrected chi connectivity index (χ3v) is 4.41. The van der Waals surface area contributed by atoms with E-state index in [1.807, 2.05) is 12.1 Å². The summed E-state index contributed by atoms with van der Waals surface area (Å²) in [7, 11) is 0. The zero-order valence-electron chi connectivity index (χ0n) is 11.3. The largest absolute Gasteiger partial charge is 0.368 e. The highest BCUT2D eigenvalue weighted by molar-refractivity contribution is 6.51. The molecule has 19 heavy (non-hydrogen) atoms. The molecule has 1 fully saturated rings. The monoisotopic (exact) mass is 258 g/mol. The summed E-state index contributed by atoms with van der Waals surface area (Å²) in [6.07, 6.45) is 2.45. The second-order valence-corrected chi connectivity index (χ2v) is 5.57. The Balaban J connectivity index is 1.93. The van der Waals surface area contributed by atoms with E-state index >= 15 is 0 Å². The number of carbonyl (C=O) groups is 2. The lowest BCUT2D eigenvalue weighted by Gasteiger charge is -2.39. The SMILES string of the molecule is CC1CCCN(c2ccc3c(c2)NC(=O)C3=O)C1C. The Morgan fingerprint density at radius 3 is 2.84 bits per heavy atom. The van der Waals surface area contributed by atoms with Gasteiger partial charge >= 0.3 is 0 Å². The normalized spacial score (nSPS) is 26.3. The molecule has 0 aromatic heterocycles. The molecule has 4 heteroatoms. The molecule has 1 N–H and O–H groups in total. The minimum absolute atomic E-state index is 0.429. The number of anilines is 2. The molecule has 1 aromatic carbocycles. The quantitative estimate of drug-likeness (QED) is 0.787. The number of piperidine rings is 1. The first-order valence-electron chi connectivity index (χ1n) is 6.84. The molecule has 1 saturated heterocycles. The van der Waals surface area contributed by atoms with E-state index in [2.05, 4.69) is 24.1 Å². The minimum Gasteiger partial charge on any atom is -0.368 e. The van der Waals surface area contributed by atoms with Gasteiger partial charge in [0.2, 0.25) is 0 Å². The van der Waals surface area contributed by atoms with Crippen molar-refractivity contribution in [2.45, 2.75) is 32.7 Å². The Morgan fingerprint density at radius 1 is 1.26 bits per heavy atom. The van der Waals surface area contributed by atoms with Gasteiger partial charge in [-0.1, -0.05) is 6.92 Å².